The summed E-state index contributed by atoms with van der Waals surface area (Å²) in [7, 11) is -2.52. The average molecular weight is 464 g/mol. The van der Waals surface area contributed by atoms with Gasteiger partial charge in [-0.3, -0.25) is 14.1 Å². The minimum atomic E-state index is -4.02. The maximum absolute atomic E-state index is 13.7. The van der Waals surface area contributed by atoms with Gasteiger partial charge in [0.05, 0.1) is 5.69 Å². The summed E-state index contributed by atoms with van der Waals surface area (Å²) in [5.41, 5.74) is 2.57. The number of nitrogens with one attached hydrogen (secondary N) is 1. The molecule has 4 aromatic rings. The highest BCUT2D eigenvalue weighted by Gasteiger charge is 2.32. The summed E-state index contributed by atoms with van der Waals surface area (Å²) < 4.78 is 28.7. The first kappa shape index (κ1) is 21.7. The lowest BCUT2D eigenvalue weighted by Crippen LogP contribution is -2.30. The van der Waals surface area contributed by atoms with Gasteiger partial charge in [0.15, 0.2) is 0 Å². The van der Waals surface area contributed by atoms with Crippen molar-refractivity contribution in [2.45, 2.75) is 11.4 Å². The van der Waals surface area contributed by atoms with E-state index in [9.17, 15) is 13.2 Å². The molecule has 162 valence electrons. The van der Waals surface area contributed by atoms with Crippen LogP contribution in [0.1, 0.15) is 15.2 Å². The minimum Gasteiger partial charge on any atom is -0.347 e. The molecule has 8 heteroatoms. The number of para-hydroxylation sites is 1. The fraction of sp³-hybridized carbons (Fsp3) is 0.0833. The van der Waals surface area contributed by atoms with Crippen LogP contribution >= 0.6 is 11.3 Å². The summed E-state index contributed by atoms with van der Waals surface area (Å²) in [6, 6.07) is 21.6. The molecule has 1 amide bonds. The number of anilines is 1. The molecular weight excluding hydrogens is 442 g/mol. The second-order valence-corrected chi connectivity index (χ2v) is 9.81. The lowest BCUT2D eigenvalue weighted by molar-refractivity contribution is 0.0952. The molecule has 4 rings (SSSR count). The van der Waals surface area contributed by atoms with E-state index in [0.717, 1.165) is 22.5 Å². The summed E-state index contributed by atoms with van der Waals surface area (Å²) in [6.45, 7) is 0.249. The van der Waals surface area contributed by atoms with Crippen LogP contribution in [0, 0.1) is 0 Å². The van der Waals surface area contributed by atoms with Crippen LogP contribution < -0.4 is 9.62 Å². The highest BCUT2D eigenvalue weighted by atomic mass is 32.2. The predicted molar refractivity (Wildman–Crippen MR) is 127 cm³/mol. The molecule has 0 aliphatic rings. The maximum atomic E-state index is 13.7. The van der Waals surface area contributed by atoms with E-state index >= 15 is 0 Å². The first-order valence-corrected chi connectivity index (χ1v) is 12.2. The lowest BCUT2D eigenvalue weighted by Gasteiger charge is -2.21. The number of sulfonamides is 1. The molecule has 6 nitrogen and oxygen atoms in total. The quantitative estimate of drug-likeness (QED) is 0.436. The zero-order chi connectivity index (χ0) is 22.6. The van der Waals surface area contributed by atoms with Crippen LogP contribution in [0.4, 0.5) is 5.69 Å². The number of hydrogen-bond acceptors (Lipinski definition) is 5. The summed E-state index contributed by atoms with van der Waals surface area (Å²) >= 11 is 1.12. The van der Waals surface area contributed by atoms with Crippen LogP contribution in [0.3, 0.4) is 0 Å². The molecule has 0 saturated carbocycles. The molecular formula is C24H21N3O3S2. The van der Waals surface area contributed by atoms with Crippen molar-refractivity contribution >= 4 is 33.0 Å². The number of hydrogen-bond donors (Lipinski definition) is 1. The van der Waals surface area contributed by atoms with Crippen molar-refractivity contribution in [2.75, 3.05) is 11.4 Å². The standard InChI is InChI=1S/C24H21N3O3S2/c1-27(20-12-6-3-7-13-20)32(29,30)23-21(19-10-4-2-5-11-19)17-31-22(23)24(28)26-16-18-9-8-14-25-15-18/h2-15,17H,16H2,1H3,(H,26,28). The van der Waals surface area contributed by atoms with E-state index in [1.807, 2.05) is 42.5 Å². The van der Waals surface area contributed by atoms with E-state index in [-0.39, 0.29) is 16.3 Å². The Bertz CT molecular complexity index is 1310. The van der Waals surface area contributed by atoms with Gasteiger partial charge in [0, 0.05) is 36.9 Å². The number of carbonyl (C=O) groups is 1. The third-order valence-electron chi connectivity index (χ3n) is 4.95. The monoisotopic (exact) mass is 463 g/mol. The third-order valence-corrected chi connectivity index (χ3v) is 7.93. The SMILES string of the molecule is CN(c1ccccc1)S(=O)(=O)c1c(-c2ccccc2)csc1C(=O)NCc1cccnc1. The van der Waals surface area contributed by atoms with E-state index in [2.05, 4.69) is 10.3 Å². The summed E-state index contributed by atoms with van der Waals surface area (Å²) in [4.78, 5) is 17.3. The molecule has 0 bridgehead atoms. The Labute approximate surface area is 191 Å². The molecule has 0 spiro atoms. The Balaban J connectivity index is 1.76. The molecule has 0 unspecified atom stereocenters. The highest BCUT2D eigenvalue weighted by Crippen LogP contribution is 2.37. The van der Waals surface area contributed by atoms with Crippen LogP contribution in [-0.2, 0) is 16.6 Å². The molecule has 1 N–H and O–H groups in total. The molecule has 2 aromatic heterocycles. The Hall–Kier alpha value is -3.49. The van der Waals surface area contributed by atoms with Gasteiger partial charge in [0.1, 0.15) is 9.77 Å². The highest BCUT2D eigenvalue weighted by molar-refractivity contribution is 7.93. The zero-order valence-electron chi connectivity index (χ0n) is 17.3. The number of amides is 1. The number of aromatic nitrogens is 1. The summed E-state index contributed by atoms with van der Waals surface area (Å²) in [5.74, 6) is -0.443. The minimum absolute atomic E-state index is 0.00346. The third kappa shape index (κ3) is 4.42. The van der Waals surface area contributed by atoms with Crippen LogP contribution in [-0.4, -0.2) is 26.4 Å². The Morgan fingerprint density at radius 2 is 1.69 bits per heavy atom. The molecule has 32 heavy (non-hydrogen) atoms. The molecule has 0 aliphatic heterocycles. The first-order chi connectivity index (χ1) is 15.5. The summed E-state index contributed by atoms with van der Waals surface area (Å²) in [5, 5.41) is 4.54. The van der Waals surface area contributed by atoms with E-state index in [0.29, 0.717) is 11.3 Å². The van der Waals surface area contributed by atoms with Gasteiger partial charge in [-0.25, -0.2) is 8.42 Å². The zero-order valence-corrected chi connectivity index (χ0v) is 18.9. The van der Waals surface area contributed by atoms with E-state index in [4.69, 9.17) is 0 Å². The van der Waals surface area contributed by atoms with Crippen molar-refractivity contribution in [2.24, 2.45) is 0 Å². The molecule has 2 aromatic carbocycles. The van der Waals surface area contributed by atoms with Gasteiger partial charge in [0.2, 0.25) is 0 Å². The average Bonchev–Trinajstić information content (AvgIpc) is 3.30. The van der Waals surface area contributed by atoms with E-state index in [1.54, 1.807) is 48.1 Å². The van der Waals surface area contributed by atoms with Crippen molar-refractivity contribution in [1.82, 2.24) is 10.3 Å². The Morgan fingerprint density at radius 3 is 2.34 bits per heavy atom. The largest absolute Gasteiger partial charge is 0.347 e. The number of carbonyl (C=O) groups excluding carboxylic acids is 1. The van der Waals surface area contributed by atoms with E-state index < -0.39 is 15.9 Å². The smallest absolute Gasteiger partial charge is 0.266 e. The van der Waals surface area contributed by atoms with Crippen LogP contribution in [0.25, 0.3) is 11.1 Å². The molecule has 0 radical (unpaired) electrons. The number of pyridine rings is 1. The van der Waals surface area contributed by atoms with Gasteiger partial charge in [-0.2, -0.15) is 0 Å². The molecule has 0 aliphatic carbocycles. The normalized spacial score (nSPS) is 11.2. The van der Waals surface area contributed by atoms with Gasteiger partial charge in [0.25, 0.3) is 15.9 Å². The van der Waals surface area contributed by atoms with Crippen molar-refractivity contribution in [1.29, 1.82) is 0 Å². The topological polar surface area (TPSA) is 79.4 Å². The lowest BCUT2D eigenvalue weighted by atomic mass is 10.1. The van der Waals surface area contributed by atoms with E-state index in [1.165, 1.54) is 11.4 Å². The predicted octanol–water partition coefficient (Wildman–Crippen LogP) is 4.57. The fourth-order valence-electron chi connectivity index (χ4n) is 3.26. The number of nitrogens with zero attached hydrogens (tertiary/aromatic N) is 2. The second-order valence-electron chi connectivity index (χ2n) is 7.03. The number of rotatable bonds is 7. The number of thiophene rings is 1. The van der Waals surface area contributed by atoms with Crippen LogP contribution in [0.5, 0.6) is 0 Å². The fourth-order valence-corrected chi connectivity index (χ4v) is 6.13. The molecule has 0 saturated heterocycles. The van der Waals surface area contributed by atoms with Gasteiger partial charge in [-0.1, -0.05) is 54.6 Å². The maximum Gasteiger partial charge on any atom is 0.266 e. The van der Waals surface area contributed by atoms with Gasteiger partial charge in [-0.05, 0) is 29.3 Å². The molecule has 2 heterocycles. The second kappa shape index (κ2) is 9.33. The number of benzene rings is 2. The first-order valence-electron chi connectivity index (χ1n) is 9.86. The van der Waals surface area contributed by atoms with Crippen LogP contribution in [0.2, 0.25) is 0 Å². The van der Waals surface area contributed by atoms with Crippen molar-refractivity contribution in [3.63, 3.8) is 0 Å². The van der Waals surface area contributed by atoms with Gasteiger partial charge >= 0.3 is 0 Å². The van der Waals surface area contributed by atoms with Crippen molar-refractivity contribution in [3.8, 4) is 11.1 Å². The summed E-state index contributed by atoms with van der Waals surface area (Å²) in [6.07, 6.45) is 3.31. The molecule has 0 fully saturated rings. The Morgan fingerprint density at radius 1 is 1.00 bits per heavy atom. The van der Waals surface area contributed by atoms with Gasteiger partial charge < -0.3 is 5.32 Å². The molecule has 0 atom stereocenters. The van der Waals surface area contributed by atoms with Crippen LogP contribution in [0.15, 0.2) is 95.5 Å². The van der Waals surface area contributed by atoms with Gasteiger partial charge in [-0.15, -0.1) is 11.3 Å². The van der Waals surface area contributed by atoms with Crippen molar-refractivity contribution in [3.05, 3.63) is 101 Å². The van der Waals surface area contributed by atoms with Crippen molar-refractivity contribution < 1.29 is 13.2 Å². The Kier molecular flexibility index (Phi) is 6.34.